The SMILES string of the molecule is CC(C)(C)NCc1c(Cl)oc2ccccc12. The summed E-state index contributed by atoms with van der Waals surface area (Å²) in [6.07, 6.45) is 0. The molecule has 2 nitrogen and oxygen atoms in total. The molecule has 0 fully saturated rings. The van der Waals surface area contributed by atoms with Crippen LogP contribution < -0.4 is 5.32 Å². The topological polar surface area (TPSA) is 25.2 Å². The minimum atomic E-state index is 0.0711. The number of furan rings is 1. The van der Waals surface area contributed by atoms with Crippen LogP contribution in [0.3, 0.4) is 0 Å². The smallest absolute Gasteiger partial charge is 0.199 e. The van der Waals surface area contributed by atoms with Gasteiger partial charge in [0.25, 0.3) is 0 Å². The maximum Gasteiger partial charge on any atom is 0.199 e. The van der Waals surface area contributed by atoms with Gasteiger partial charge in [-0.05, 0) is 38.4 Å². The second kappa shape index (κ2) is 4.11. The number of halogens is 1. The maximum absolute atomic E-state index is 6.09. The molecule has 0 saturated heterocycles. The van der Waals surface area contributed by atoms with Crippen LogP contribution >= 0.6 is 11.6 Å². The molecule has 0 spiro atoms. The Hall–Kier alpha value is -0.990. The first kappa shape index (κ1) is 11.5. The molecule has 1 aromatic carbocycles. The van der Waals surface area contributed by atoms with Crippen molar-refractivity contribution in [1.29, 1.82) is 0 Å². The Morgan fingerprint density at radius 1 is 1.25 bits per heavy atom. The number of hydrogen-bond donors (Lipinski definition) is 1. The Morgan fingerprint density at radius 2 is 1.94 bits per heavy atom. The van der Waals surface area contributed by atoms with Crippen molar-refractivity contribution in [3.05, 3.63) is 35.0 Å². The van der Waals surface area contributed by atoms with E-state index in [1.807, 2.05) is 24.3 Å². The van der Waals surface area contributed by atoms with Crippen LogP contribution in [-0.4, -0.2) is 5.54 Å². The number of rotatable bonds is 2. The lowest BCUT2D eigenvalue weighted by Gasteiger charge is -2.20. The zero-order valence-corrected chi connectivity index (χ0v) is 10.6. The molecule has 0 saturated carbocycles. The third-order valence-electron chi connectivity index (χ3n) is 2.44. The lowest BCUT2D eigenvalue weighted by atomic mass is 10.1. The second-order valence-corrected chi connectivity index (χ2v) is 5.30. The zero-order valence-electron chi connectivity index (χ0n) is 9.80. The number of fused-ring (bicyclic) bond motifs is 1. The maximum atomic E-state index is 6.09. The van der Waals surface area contributed by atoms with Gasteiger partial charge in [-0.2, -0.15) is 0 Å². The van der Waals surface area contributed by atoms with Crippen LogP contribution in [0.1, 0.15) is 26.3 Å². The number of benzene rings is 1. The molecule has 0 amide bonds. The molecular weight excluding hydrogens is 222 g/mol. The van der Waals surface area contributed by atoms with Gasteiger partial charge < -0.3 is 9.73 Å². The van der Waals surface area contributed by atoms with Crippen molar-refractivity contribution in [3.8, 4) is 0 Å². The molecule has 2 rings (SSSR count). The molecule has 0 bridgehead atoms. The number of para-hydroxylation sites is 1. The van der Waals surface area contributed by atoms with Crippen LogP contribution in [0.25, 0.3) is 11.0 Å². The van der Waals surface area contributed by atoms with Gasteiger partial charge in [-0.25, -0.2) is 0 Å². The average molecular weight is 238 g/mol. The molecule has 1 heterocycles. The quantitative estimate of drug-likeness (QED) is 0.855. The van der Waals surface area contributed by atoms with Crippen LogP contribution in [0.15, 0.2) is 28.7 Å². The molecule has 16 heavy (non-hydrogen) atoms. The molecule has 0 aliphatic heterocycles. The molecule has 3 heteroatoms. The average Bonchev–Trinajstić information content (AvgIpc) is 2.49. The van der Waals surface area contributed by atoms with E-state index in [1.165, 1.54) is 0 Å². The van der Waals surface area contributed by atoms with E-state index < -0.39 is 0 Å². The summed E-state index contributed by atoms with van der Waals surface area (Å²) >= 11 is 6.09. The van der Waals surface area contributed by atoms with Crippen molar-refractivity contribution < 1.29 is 4.42 Å². The molecule has 86 valence electrons. The van der Waals surface area contributed by atoms with E-state index in [0.717, 1.165) is 23.1 Å². The lowest BCUT2D eigenvalue weighted by Crippen LogP contribution is -2.35. The highest BCUT2D eigenvalue weighted by atomic mass is 35.5. The Bertz CT molecular complexity index is 496. The molecule has 0 atom stereocenters. The van der Waals surface area contributed by atoms with Gasteiger partial charge in [0.15, 0.2) is 5.22 Å². The van der Waals surface area contributed by atoms with E-state index in [2.05, 4.69) is 26.1 Å². The van der Waals surface area contributed by atoms with E-state index in [1.54, 1.807) is 0 Å². The van der Waals surface area contributed by atoms with Gasteiger partial charge in [0.05, 0.1) is 0 Å². The van der Waals surface area contributed by atoms with Gasteiger partial charge in [0.1, 0.15) is 5.58 Å². The van der Waals surface area contributed by atoms with Crippen LogP contribution in [0, 0.1) is 0 Å². The molecule has 0 aliphatic rings. The minimum absolute atomic E-state index is 0.0711. The van der Waals surface area contributed by atoms with Crippen LogP contribution in [0.2, 0.25) is 5.22 Å². The molecule has 0 radical (unpaired) electrons. The summed E-state index contributed by atoms with van der Waals surface area (Å²) in [5.74, 6) is 0. The summed E-state index contributed by atoms with van der Waals surface area (Å²) in [5.41, 5.74) is 1.95. The first-order valence-electron chi connectivity index (χ1n) is 5.38. The van der Waals surface area contributed by atoms with Gasteiger partial charge in [0.2, 0.25) is 0 Å². The minimum Gasteiger partial charge on any atom is -0.444 e. The van der Waals surface area contributed by atoms with Gasteiger partial charge in [-0.1, -0.05) is 18.2 Å². The second-order valence-electron chi connectivity index (χ2n) is 4.95. The van der Waals surface area contributed by atoms with E-state index in [4.69, 9.17) is 16.0 Å². The molecule has 0 aliphatic carbocycles. The lowest BCUT2D eigenvalue weighted by molar-refractivity contribution is 0.423. The summed E-state index contributed by atoms with van der Waals surface area (Å²) in [4.78, 5) is 0. The number of hydrogen-bond acceptors (Lipinski definition) is 2. The molecule has 1 aromatic heterocycles. The molecular formula is C13H16ClNO. The van der Waals surface area contributed by atoms with Crippen LogP contribution in [-0.2, 0) is 6.54 Å². The highest BCUT2D eigenvalue weighted by molar-refractivity contribution is 6.30. The van der Waals surface area contributed by atoms with Crippen molar-refractivity contribution >= 4 is 22.6 Å². The Balaban J connectivity index is 2.33. The normalized spacial score (nSPS) is 12.2. The summed E-state index contributed by atoms with van der Waals surface area (Å²) in [6, 6.07) is 7.91. The fourth-order valence-electron chi connectivity index (χ4n) is 1.59. The van der Waals surface area contributed by atoms with Crippen molar-refractivity contribution in [2.45, 2.75) is 32.9 Å². The van der Waals surface area contributed by atoms with Crippen molar-refractivity contribution in [2.75, 3.05) is 0 Å². The van der Waals surface area contributed by atoms with Gasteiger partial charge in [0, 0.05) is 23.0 Å². The van der Waals surface area contributed by atoms with E-state index in [-0.39, 0.29) is 5.54 Å². The summed E-state index contributed by atoms with van der Waals surface area (Å²) in [5, 5.41) is 4.98. The Kier molecular flexibility index (Phi) is 2.96. The van der Waals surface area contributed by atoms with Gasteiger partial charge in [-0.15, -0.1) is 0 Å². The molecule has 1 N–H and O–H groups in total. The van der Waals surface area contributed by atoms with E-state index in [0.29, 0.717) is 5.22 Å². The van der Waals surface area contributed by atoms with E-state index in [9.17, 15) is 0 Å². The van der Waals surface area contributed by atoms with Crippen molar-refractivity contribution in [2.24, 2.45) is 0 Å². The first-order chi connectivity index (χ1) is 7.47. The third-order valence-corrected chi connectivity index (χ3v) is 2.75. The first-order valence-corrected chi connectivity index (χ1v) is 5.76. The summed E-state index contributed by atoms with van der Waals surface area (Å²) in [6.45, 7) is 7.11. The molecule has 0 unspecified atom stereocenters. The van der Waals surface area contributed by atoms with Crippen molar-refractivity contribution in [3.63, 3.8) is 0 Å². The van der Waals surface area contributed by atoms with Crippen molar-refractivity contribution in [1.82, 2.24) is 5.32 Å². The van der Waals surface area contributed by atoms with Gasteiger partial charge in [-0.3, -0.25) is 0 Å². The highest BCUT2D eigenvalue weighted by Crippen LogP contribution is 2.29. The fourth-order valence-corrected chi connectivity index (χ4v) is 1.84. The monoisotopic (exact) mass is 237 g/mol. The largest absolute Gasteiger partial charge is 0.444 e. The predicted molar refractivity (Wildman–Crippen MR) is 67.8 cm³/mol. The van der Waals surface area contributed by atoms with Crippen LogP contribution in [0.5, 0.6) is 0 Å². The fraction of sp³-hybridized carbons (Fsp3) is 0.385. The number of nitrogens with one attached hydrogen (secondary N) is 1. The Labute approximate surface area is 101 Å². The highest BCUT2D eigenvalue weighted by Gasteiger charge is 2.15. The third kappa shape index (κ3) is 2.39. The molecule has 2 aromatic rings. The zero-order chi connectivity index (χ0) is 11.8. The summed E-state index contributed by atoms with van der Waals surface area (Å²) < 4.78 is 5.49. The Morgan fingerprint density at radius 3 is 2.62 bits per heavy atom. The van der Waals surface area contributed by atoms with Gasteiger partial charge >= 0.3 is 0 Å². The predicted octanol–water partition coefficient (Wildman–Crippen LogP) is 3.97. The standard InChI is InChI=1S/C13H16ClNO/c1-13(2,3)15-8-10-9-6-4-5-7-11(9)16-12(10)14/h4-7,15H,8H2,1-3H3. The van der Waals surface area contributed by atoms with Crippen LogP contribution in [0.4, 0.5) is 0 Å². The summed E-state index contributed by atoms with van der Waals surface area (Å²) in [7, 11) is 0. The van der Waals surface area contributed by atoms with E-state index >= 15 is 0 Å².